The summed E-state index contributed by atoms with van der Waals surface area (Å²) < 4.78 is 5.58. The van der Waals surface area contributed by atoms with Gasteiger partial charge in [-0.25, -0.2) is 4.79 Å². The van der Waals surface area contributed by atoms with E-state index in [4.69, 9.17) is 9.84 Å². The van der Waals surface area contributed by atoms with Crippen LogP contribution in [-0.2, 0) is 14.3 Å². The molecule has 0 saturated heterocycles. The van der Waals surface area contributed by atoms with Crippen LogP contribution in [0.5, 0.6) is 0 Å². The first-order chi connectivity index (χ1) is 15.5. The van der Waals surface area contributed by atoms with Crippen LogP contribution < -0.4 is 10.6 Å². The van der Waals surface area contributed by atoms with E-state index in [0.717, 1.165) is 22.3 Å². The lowest BCUT2D eigenvalue weighted by Crippen LogP contribution is -2.51. The first-order valence-corrected chi connectivity index (χ1v) is 11.1. The SMILES string of the molecule is O=C(NC1(C(=O)NC2CCC(C(=O)O)C2)CC1)OCC1c2ccccc2-c2ccccc21. The number of hydrogen-bond donors (Lipinski definition) is 3. The Bertz CT molecular complexity index is 1030. The van der Waals surface area contributed by atoms with Gasteiger partial charge in [0.1, 0.15) is 12.1 Å². The van der Waals surface area contributed by atoms with Crippen LogP contribution >= 0.6 is 0 Å². The average Bonchev–Trinajstić information content (AvgIpc) is 3.29. The van der Waals surface area contributed by atoms with E-state index in [0.29, 0.717) is 32.1 Å². The Morgan fingerprint density at radius 1 is 0.969 bits per heavy atom. The highest BCUT2D eigenvalue weighted by atomic mass is 16.5. The molecule has 0 aromatic heterocycles. The van der Waals surface area contributed by atoms with E-state index in [9.17, 15) is 14.4 Å². The van der Waals surface area contributed by atoms with Crippen molar-refractivity contribution in [1.29, 1.82) is 0 Å². The van der Waals surface area contributed by atoms with Crippen LogP contribution in [0.2, 0.25) is 0 Å². The fourth-order valence-corrected chi connectivity index (χ4v) is 5.02. The number of benzene rings is 2. The Morgan fingerprint density at radius 3 is 2.16 bits per heavy atom. The first-order valence-electron chi connectivity index (χ1n) is 11.1. The number of rotatable bonds is 6. The van der Waals surface area contributed by atoms with E-state index in [1.165, 1.54) is 0 Å². The number of nitrogens with one attached hydrogen (secondary N) is 2. The molecule has 2 amide bonds. The van der Waals surface area contributed by atoms with E-state index >= 15 is 0 Å². The van der Waals surface area contributed by atoms with Gasteiger partial charge < -0.3 is 20.5 Å². The second-order valence-electron chi connectivity index (χ2n) is 9.05. The predicted molar refractivity (Wildman–Crippen MR) is 117 cm³/mol. The van der Waals surface area contributed by atoms with Crippen molar-refractivity contribution in [2.75, 3.05) is 6.61 Å². The molecule has 2 fully saturated rings. The van der Waals surface area contributed by atoms with Crippen LogP contribution in [0.15, 0.2) is 48.5 Å². The van der Waals surface area contributed by atoms with Crippen molar-refractivity contribution in [3.05, 3.63) is 59.7 Å². The van der Waals surface area contributed by atoms with Crippen LogP contribution in [0.4, 0.5) is 4.79 Å². The predicted octanol–water partition coefficient (Wildman–Crippen LogP) is 3.43. The van der Waals surface area contributed by atoms with Gasteiger partial charge in [0.2, 0.25) is 5.91 Å². The average molecular weight is 434 g/mol. The highest BCUT2D eigenvalue weighted by molar-refractivity contribution is 5.93. The molecule has 2 saturated carbocycles. The quantitative estimate of drug-likeness (QED) is 0.646. The molecule has 2 unspecified atom stereocenters. The second-order valence-corrected chi connectivity index (χ2v) is 9.05. The molecule has 2 aromatic rings. The molecular formula is C25H26N2O5. The second kappa shape index (κ2) is 7.97. The maximum atomic E-state index is 12.8. The Morgan fingerprint density at radius 2 is 1.59 bits per heavy atom. The fourth-order valence-electron chi connectivity index (χ4n) is 5.02. The van der Waals surface area contributed by atoms with Crippen molar-refractivity contribution in [2.45, 2.75) is 49.6 Å². The summed E-state index contributed by atoms with van der Waals surface area (Å²) in [5, 5.41) is 14.8. The van der Waals surface area contributed by atoms with E-state index in [1.54, 1.807) is 0 Å². The number of fused-ring (bicyclic) bond motifs is 3. The van der Waals surface area contributed by atoms with Crippen molar-refractivity contribution < 1.29 is 24.2 Å². The lowest BCUT2D eigenvalue weighted by molar-refractivity contribution is -0.141. The van der Waals surface area contributed by atoms with Crippen molar-refractivity contribution in [1.82, 2.24) is 10.6 Å². The largest absolute Gasteiger partial charge is 0.481 e. The van der Waals surface area contributed by atoms with E-state index in [1.807, 2.05) is 24.3 Å². The normalized spacial score (nSPS) is 22.5. The number of carboxylic acid groups (broad SMARTS) is 1. The number of carbonyl (C=O) groups excluding carboxylic acids is 2. The number of aliphatic carboxylic acids is 1. The van der Waals surface area contributed by atoms with Crippen molar-refractivity contribution in [3.63, 3.8) is 0 Å². The molecule has 0 aliphatic heterocycles. The molecule has 166 valence electrons. The third kappa shape index (κ3) is 3.72. The Kier molecular flexibility index (Phi) is 5.12. The van der Waals surface area contributed by atoms with Crippen molar-refractivity contribution >= 4 is 18.0 Å². The molecule has 2 aromatic carbocycles. The minimum absolute atomic E-state index is 0.0384. The summed E-state index contributed by atoms with van der Waals surface area (Å²) in [6, 6.07) is 16.1. The number of hydrogen-bond acceptors (Lipinski definition) is 4. The summed E-state index contributed by atoms with van der Waals surface area (Å²) in [6.45, 7) is 0.195. The third-order valence-corrected chi connectivity index (χ3v) is 6.99. The van der Waals surface area contributed by atoms with Crippen molar-refractivity contribution in [2.24, 2.45) is 5.92 Å². The molecule has 7 heteroatoms. The topological polar surface area (TPSA) is 105 Å². The van der Waals surface area contributed by atoms with Crippen LogP contribution in [0, 0.1) is 5.92 Å². The van der Waals surface area contributed by atoms with Gasteiger partial charge >= 0.3 is 12.1 Å². The molecular weight excluding hydrogens is 408 g/mol. The maximum absolute atomic E-state index is 12.8. The van der Waals surface area contributed by atoms with Crippen LogP contribution in [0.3, 0.4) is 0 Å². The Balaban J connectivity index is 1.19. The minimum atomic E-state index is -0.941. The molecule has 7 nitrogen and oxygen atoms in total. The van der Waals surface area contributed by atoms with Crippen LogP contribution in [-0.4, -0.2) is 41.3 Å². The van der Waals surface area contributed by atoms with Gasteiger partial charge in [-0.1, -0.05) is 48.5 Å². The molecule has 0 bridgehead atoms. The van der Waals surface area contributed by atoms with Gasteiger partial charge in [0.25, 0.3) is 0 Å². The zero-order valence-corrected chi connectivity index (χ0v) is 17.7. The number of carbonyl (C=O) groups is 3. The van der Waals surface area contributed by atoms with Gasteiger partial charge in [0.15, 0.2) is 0 Å². The zero-order chi connectivity index (χ0) is 22.3. The monoisotopic (exact) mass is 434 g/mol. The fraction of sp³-hybridized carbons (Fsp3) is 0.400. The number of carboxylic acids is 1. The number of amides is 2. The summed E-state index contributed by atoms with van der Waals surface area (Å²) in [5.41, 5.74) is 3.64. The first kappa shape index (κ1) is 20.5. The van der Waals surface area contributed by atoms with Crippen molar-refractivity contribution in [3.8, 4) is 11.1 Å². The molecule has 32 heavy (non-hydrogen) atoms. The van der Waals surface area contributed by atoms with E-state index < -0.39 is 23.5 Å². The summed E-state index contributed by atoms with van der Waals surface area (Å²) in [6.07, 6.45) is 2.14. The van der Waals surface area contributed by atoms with Gasteiger partial charge in [-0.05, 0) is 54.4 Å². The van der Waals surface area contributed by atoms with Gasteiger partial charge in [0.05, 0.1) is 5.92 Å². The minimum Gasteiger partial charge on any atom is -0.481 e. The van der Waals surface area contributed by atoms with Gasteiger partial charge in [-0.15, -0.1) is 0 Å². The molecule has 2 atom stereocenters. The van der Waals surface area contributed by atoms with E-state index in [2.05, 4.69) is 34.9 Å². The molecule has 5 rings (SSSR count). The smallest absolute Gasteiger partial charge is 0.408 e. The summed E-state index contributed by atoms with van der Waals surface area (Å²) >= 11 is 0. The molecule has 3 N–H and O–H groups in total. The Hall–Kier alpha value is -3.35. The molecule has 0 heterocycles. The molecule has 0 spiro atoms. The van der Waals surface area contributed by atoms with Gasteiger partial charge in [-0.2, -0.15) is 0 Å². The molecule has 3 aliphatic carbocycles. The maximum Gasteiger partial charge on any atom is 0.408 e. The number of alkyl carbamates (subject to hydrolysis) is 1. The Labute approximate surface area is 186 Å². The summed E-state index contributed by atoms with van der Waals surface area (Å²) in [5.74, 6) is -1.52. The molecule has 3 aliphatic rings. The highest BCUT2D eigenvalue weighted by Gasteiger charge is 2.52. The number of ether oxygens (including phenoxy) is 1. The third-order valence-electron chi connectivity index (χ3n) is 6.99. The highest BCUT2D eigenvalue weighted by Crippen LogP contribution is 2.44. The lowest BCUT2D eigenvalue weighted by Gasteiger charge is -2.21. The van der Waals surface area contributed by atoms with Gasteiger partial charge in [0, 0.05) is 12.0 Å². The zero-order valence-electron chi connectivity index (χ0n) is 17.7. The standard InChI is InChI=1S/C25H26N2O5/c28-22(29)15-9-10-16(13-15)26-23(30)25(11-12-25)27-24(31)32-14-21-19-7-3-1-5-17(19)18-6-2-4-8-20(18)21/h1-8,15-16,21H,9-14H2,(H,26,30)(H,27,31)(H,28,29). The summed E-state index contributed by atoms with van der Waals surface area (Å²) in [4.78, 5) is 36.5. The van der Waals surface area contributed by atoms with Crippen LogP contribution in [0.25, 0.3) is 11.1 Å². The summed E-state index contributed by atoms with van der Waals surface area (Å²) in [7, 11) is 0. The van der Waals surface area contributed by atoms with Gasteiger partial charge in [-0.3, -0.25) is 9.59 Å². The van der Waals surface area contributed by atoms with Crippen LogP contribution in [0.1, 0.15) is 49.1 Å². The molecule has 0 radical (unpaired) electrons. The lowest BCUT2D eigenvalue weighted by atomic mass is 9.98. The van der Waals surface area contributed by atoms with E-state index in [-0.39, 0.29) is 24.5 Å².